The predicted octanol–water partition coefficient (Wildman–Crippen LogP) is 3.51. The summed E-state index contributed by atoms with van der Waals surface area (Å²) < 4.78 is 74.8. The summed E-state index contributed by atoms with van der Waals surface area (Å²) in [6.45, 7) is 1.51. The number of rotatable bonds is 8. The highest BCUT2D eigenvalue weighted by Gasteiger charge is 2.49. The average Bonchev–Trinajstić information content (AvgIpc) is 2.72. The van der Waals surface area contributed by atoms with Gasteiger partial charge in [-0.3, -0.25) is 0 Å². The van der Waals surface area contributed by atoms with Crippen molar-refractivity contribution in [3.63, 3.8) is 0 Å². The molecule has 0 aromatic heterocycles. The number of alkyl halides is 3. The molecule has 8 nitrogen and oxygen atoms in total. The van der Waals surface area contributed by atoms with E-state index in [2.05, 4.69) is 9.50 Å². The Bertz CT molecular complexity index is 1080. The van der Waals surface area contributed by atoms with Crippen molar-refractivity contribution in [1.29, 1.82) is 5.26 Å². The van der Waals surface area contributed by atoms with E-state index in [1.54, 1.807) is 12.1 Å². The third-order valence-electron chi connectivity index (χ3n) is 3.85. The topological polar surface area (TPSA) is 115 Å². The van der Waals surface area contributed by atoms with Gasteiger partial charge in [0.1, 0.15) is 0 Å². The molecule has 1 N–H and O–H groups in total. The second-order valence-electron chi connectivity index (χ2n) is 5.91. The Morgan fingerprint density at radius 1 is 1.16 bits per heavy atom. The van der Waals surface area contributed by atoms with Gasteiger partial charge in [-0.15, -0.1) is 0 Å². The van der Waals surface area contributed by atoms with E-state index in [1.165, 1.54) is 31.2 Å². The minimum Gasteiger partial charge on any atom is -0.490 e. The van der Waals surface area contributed by atoms with Crippen LogP contribution < -0.4 is 14.2 Å². The summed E-state index contributed by atoms with van der Waals surface area (Å²) in [6, 6.07) is 10.3. The number of esters is 1. The lowest BCUT2D eigenvalue weighted by Gasteiger charge is -2.20. The quantitative estimate of drug-likeness (QED) is 0.363. The van der Waals surface area contributed by atoms with Crippen LogP contribution in [0.15, 0.2) is 42.5 Å². The zero-order chi connectivity index (χ0) is 23.2. The number of benzene rings is 2. The van der Waals surface area contributed by atoms with Crippen molar-refractivity contribution in [1.82, 2.24) is 0 Å². The normalized spacial score (nSPS) is 12.4. The van der Waals surface area contributed by atoms with E-state index in [0.717, 1.165) is 13.2 Å². The number of anilines is 1. The number of hydrogen-bond donors (Lipinski definition) is 1. The fourth-order valence-electron chi connectivity index (χ4n) is 2.41. The maximum atomic E-state index is 12.6. The molecule has 0 aliphatic carbocycles. The largest absolute Gasteiger partial charge is 0.534 e. The number of nitrogens with one attached hydrogen (secondary N) is 1. The van der Waals surface area contributed by atoms with Crippen LogP contribution in [0.2, 0.25) is 0 Å². The number of carbonyl (C=O) groups excluding carboxylic acids is 1. The van der Waals surface area contributed by atoms with Crippen LogP contribution in [-0.4, -0.2) is 33.6 Å². The van der Waals surface area contributed by atoms with Gasteiger partial charge in [-0.05, 0) is 48.9 Å². The summed E-state index contributed by atoms with van der Waals surface area (Å²) in [5.41, 5.74) is -4.57. The van der Waals surface area contributed by atoms with Crippen molar-refractivity contribution in [2.75, 3.05) is 19.0 Å². The number of nitrogens with zero attached hydrogens (tertiary/aromatic N) is 1. The summed E-state index contributed by atoms with van der Waals surface area (Å²) in [6.07, 6.45) is 0. The summed E-state index contributed by atoms with van der Waals surface area (Å²) >= 11 is 0. The molecule has 0 saturated carbocycles. The summed E-state index contributed by atoms with van der Waals surface area (Å²) in [5.74, 6) is -1.74. The van der Waals surface area contributed by atoms with Crippen LogP contribution in [0.3, 0.4) is 0 Å². The van der Waals surface area contributed by atoms with Gasteiger partial charge in [0.2, 0.25) is 0 Å². The van der Waals surface area contributed by atoms with Crippen molar-refractivity contribution < 1.29 is 40.0 Å². The van der Waals surface area contributed by atoms with Crippen molar-refractivity contribution in [3.05, 3.63) is 53.6 Å². The SMILES string of the molecule is CCOc1cc(C(Nc2ccc(C#N)cc2)C(=O)OC)ccc1OS(=O)(=O)C(F)(F)F. The maximum Gasteiger partial charge on any atom is 0.534 e. The Hall–Kier alpha value is -3.46. The second kappa shape index (κ2) is 9.57. The lowest BCUT2D eigenvalue weighted by molar-refractivity contribution is -0.141. The van der Waals surface area contributed by atoms with Crippen molar-refractivity contribution in [2.45, 2.75) is 18.5 Å². The lowest BCUT2D eigenvalue weighted by Crippen LogP contribution is -2.28. The molecule has 2 rings (SSSR count). The Morgan fingerprint density at radius 2 is 1.81 bits per heavy atom. The molecule has 31 heavy (non-hydrogen) atoms. The van der Waals surface area contributed by atoms with Crippen LogP contribution in [0.25, 0.3) is 0 Å². The number of nitriles is 1. The standard InChI is InChI=1S/C19H17F3N2O6S/c1-3-29-16-10-13(6-9-15(16)30-31(26,27)19(20,21)22)17(18(25)28-2)24-14-7-4-12(11-23)5-8-14/h4-10,17,24H,3H2,1-2H3. The van der Waals surface area contributed by atoms with Gasteiger partial charge in [-0.1, -0.05) is 6.07 Å². The van der Waals surface area contributed by atoms with Crippen molar-refractivity contribution in [3.8, 4) is 17.6 Å². The van der Waals surface area contributed by atoms with E-state index in [1.807, 2.05) is 6.07 Å². The van der Waals surface area contributed by atoms with Gasteiger partial charge in [-0.25, -0.2) is 4.79 Å². The fourth-order valence-corrected chi connectivity index (χ4v) is 2.88. The molecular weight excluding hydrogens is 441 g/mol. The zero-order valence-corrected chi connectivity index (χ0v) is 17.1. The first-order valence-corrected chi connectivity index (χ1v) is 10.0. The monoisotopic (exact) mass is 458 g/mol. The zero-order valence-electron chi connectivity index (χ0n) is 16.3. The van der Waals surface area contributed by atoms with Crippen LogP contribution in [0.1, 0.15) is 24.1 Å². The van der Waals surface area contributed by atoms with Gasteiger partial charge in [0.15, 0.2) is 17.5 Å². The number of carbonyl (C=O) groups is 1. The van der Waals surface area contributed by atoms with E-state index in [4.69, 9.17) is 14.7 Å². The fraction of sp³-hybridized carbons (Fsp3) is 0.263. The second-order valence-corrected chi connectivity index (χ2v) is 7.45. The molecule has 0 saturated heterocycles. The van der Waals surface area contributed by atoms with Gasteiger partial charge in [0, 0.05) is 5.69 Å². The predicted molar refractivity (Wildman–Crippen MR) is 103 cm³/mol. The molecule has 1 atom stereocenters. The van der Waals surface area contributed by atoms with Gasteiger partial charge in [-0.2, -0.15) is 26.9 Å². The molecule has 166 valence electrons. The van der Waals surface area contributed by atoms with Gasteiger partial charge >= 0.3 is 21.6 Å². The molecule has 0 aliphatic rings. The van der Waals surface area contributed by atoms with Crippen molar-refractivity contribution in [2.24, 2.45) is 0 Å². The molecule has 0 spiro atoms. The minimum absolute atomic E-state index is 0.0161. The molecule has 0 aliphatic heterocycles. The van der Waals surface area contributed by atoms with Crippen LogP contribution >= 0.6 is 0 Å². The highest BCUT2D eigenvalue weighted by Crippen LogP contribution is 2.36. The summed E-state index contributed by atoms with van der Waals surface area (Å²) in [4.78, 5) is 12.3. The molecule has 0 fully saturated rings. The molecule has 0 radical (unpaired) electrons. The van der Waals surface area contributed by atoms with E-state index in [9.17, 15) is 26.4 Å². The van der Waals surface area contributed by atoms with E-state index in [0.29, 0.717) is 11.3 Å². The molecule has 0 amide bonds. The molecule has 0 heterocycles. The van der Waals surface area contributed by atoms with Gasteiger partial charge < -0.3 is 19.0 Å². The van der Waals surface area contributed by atoms with E-state index >= 15 is 0 Å². The Balaban J connectivity index is 2.43. The van der Waals surface area contributed by atoms with Crippen molar-refractivity contribution >= 4 is 21.8 Å². The Kier molecular flexibility index (Phi) is 7.35. The van der Waals surface area contributed by atoms with Crippen LogP contribution in [0.5, 0.6) is 11.5 Å². The summed E-state index contributed by atoms with van der Waals surface area (Å²) in [5, 5.41) is 11.7. The molecule has 12 heteroatoms. The molecule has 2 aromatic carbocycles. The van der Waals surface area contributed by atoms with E-state index < -0.39 is 33.4 Å². The maximum absolute atomic E-state index is 12.6. The number of hydrogen-bond acceptors (Lipinski definition) is 8. The third kappa shape index (κ3) is 5.79. The van der Waals surface area contributed by atoms with Gasteiger partial charge in [0.05, 0.1) is 25.3 Å². The number of methoxy groups -OCH3 is 1. The first-order chi connectivity index (χ1) is 14.5. The van der Waals surface area contributed by atoms with Crippen LogP contribution in [0, 0.1) is 11.3 Å². The number of ether oxygens (including phenoxy) is 2. The Labute approximate surface area is 176 Å². The van der Waals surface area contributed by atoms with E-state index in [-0.39, 0.29) is 17.9 Å². The molecule has 1 unspecified atom stereocenters. The smallest absolute Gasteiger partial charge is 0.490 e. The average molecular weight is 458 g/mol. The van der Waals surface area contributed by atoms with Crippen LogP contribution in [0.4, 0.5) is 18.9 Å². The highest BCUT2D eigenvalue weighted by atomic mass is 32.2. The molecule has 0 bridgehead atoms. The first-order valence-electron chi connectivity index (χ1n) is 8.64. The van der Waals surface area contributed by atoms with Gasteiger partial charge in [0.25, 0.3) is 0 Å². The first kappa shape index (κ1) is 23.8. The lowest BCUT2D eigenvalue weighted by atomic mass is 10.1. The third-order valence-corrected chi connectivity index (χ3v) is 4.81. The Morgan fingerprint density at radius 3 is 2.32 bits per heavy atom. The highest BCUT2D eigenvalue weighted by molar-refractivity contribution is 7.88. The minimum atomic E-state index is -5.91. The molecular formula is C19H17F3N2O6S. The summed E-state index contributed by atoms with van der Waals surface area (Å²) in [7, 11) is -4.77. The number of halogens is 3. The van der Waals surface area contributed by atoms with Crippen LogP contribution in [-0.2, 0) is 19.6 Å². The molecule has 2 aromatic rings.